The second kappa shape index (κ2) is 16.7. The first-order valence-corrected chi connectivity index (χ1v) is 19.5. The van der Waals surface area contributed by atoms with Crippen LogP contribution in [-0.4, -0.2) is 17.0 Å². The third kappa shape index (κ3) is 8.58. The molecular weight excluding hydrogens is 655 g/mol. The first kappa shape index (κ1) is 35.3. The van der Waals surface area contributed by atoms with Gasteiger partial charge in [-0.05, 0) is 25.0 Å². The summed E-state index contributed by atoms with van der Waals surface area (Å²) in [5, 5.41) is 4.31. The molecule has 6 aromatic carbocycles. The van der Waals surface area contributed by atoms with E-state index >= 15 is 0 Å². The Bertz CT molecular complexity index is 1680. The summed E-state index contributed by atoms with van der Waals surface area (Å²) < 4.78 is 0. The molecule has 0 unspecified atom stereocenters. The monoisotopic (exact) mass is 686 g/mol. The predicted octanol–water partition coefficient (Wildman–Crippen LogP) is 9.82. The molecule has 0 N–H and O–H groups in total. The summed E-state index contributed by atoms with van der Waals surface area (Å²) in [6.07, 6.45) is 0. The van der Waals surface area contributed by atoms with E-state index in [1.807, 2.05) is 135 Å². The largest absolute Gasteiger partial charge is 0.306 e. The molecule has 0 radical (unpaired) electrons. The molecule has 6 heteroatoms. The minimum atomic E-state index is 0. The molecule has 2 nitrogen and oxygen atoms in total. The average Bonchev–Trinajstić information content (AvgIpc) is 3.58. The molecule has 0 aliphatic rings. The van der Waals surface area contributed by atoms with Crippen molar-refractivity contribution in [3.63, 3.8) is 0 Å². The number of hydrogen-bond acceptors (Lipinski definition) is 2. The minimum Gasteiger partial charge on any atom is -0.306 e. The van der Waals surface area contributed by atoms with Crippen LogP contribution in [0.1, 0.15) is 43.0 Å². The van der Waals surface area contributed by atoms with Crippen LogP contribution in [0.5, 0.6) is 0 Å². The molecule has 6 aromatic rings. The van der Waals surface area contributed by atoms with E-state index in [4.69, 9.17) is 0 Å². The number of hydrogen-bond donors (Lipinski definition) is 0. The minimum absolute atomic E-state index is 0. The summed E-state index contributed by atoms with van der Waals surface area (Å²) >= 11 is 1.74. The molecule has 0 amide bonds. The Morgan fingerprint density at radius 2 is 0.857 bits per heavy atom. The number of benzene rings is 4. The zero-order valence-corrected chi connectivity index (χ0v) is 29.3. The van der Waals surface area contributed by atoms with E-state index in [-0.39, 0.29) is 41.8 Å². The molecule has 0 spiro atoms. The van der Waals surface area contributed by atoms with E-state index in [0.29, 0.717) is 0 Å². The van der Waals surface area contributed by atoms with E-state index in [0.717, 1.165) is 54.9 Å². The van der Waals surface area contributed by atoms with Crippen LogP contribution < -0.4 is 0 Å². The van der Waals surface area contributed by atoms with Gasteiger partial charge in [-0.3, -0.25) is 0 Å². The Balaban J connectivity index is 0.000000250. The van der Waals surface area contributed by atoms with Gasteiger partial charge in [-0.1, -0.05) is 107 Å². The van der Waals surface area contributed by atoms with Crippen LogP contribution >= 0.6 is 24.8 Å². The maximum atomic E-state index is 12.5. The van der Waals surface area contributed by atoms with E-state index in [1.54, 1.807) is 23.3 Å². The van der Waals surface area contributed by atoms with Crippen LogP contribution in [0.2, 0.25) is 13.1 Å². The van der Waals surface area contributed by atoms with E-state index in [9.17, 15) is 9.59 Å². The number of rotatable bonds is 4. The first-order chi connectivity index (χ1) is 19.3. The zero-order chi connectivity index (χ0) is 28.6. The molecule has 42 heavy (non-hydrogen) atoms. The van der Waals surface area contributed by atoms with Crippen molar-refractivity contribution in [1.29, 1.82) is 0 Å². The number of carbonyl (C=O) groups is 2. The molecule has 212 valence electrons. The molecule has 0 aliphatic carbocycles. The fraction of sp³-hybridized carbons (Fsp3) is 0.111. The third-order valence-corrected chi connectivity index (χ3v) is 6.63. The van der Waals surface area contributed by atoms with Gasteiger partial charge in [0.1, 0.15) is 11.6 Å². The van der Waals surface area contributed by atoms with Gasteiger partial charge in [0.15, 0.2) is 0 Å². The number of aryl methyl sites for hydroxylation is 2. The summed E-state index contributed by atoms with van der Waals surface area (Å²) in [5.41, 5.74) is 5.41. The maximum Gasteiger partial charge on any atom is 0.128 e. The van der Waals surface area contributed by atoms with Gasteiger partial charge >= 0.3 is 41.9 Å². The SMILES string of the molecule is C[Si](C)=[Zr+2].Cc1ccccc1C(=O)[c-]1ccc2ccccc21.Cc1ccccc1C(=O)[c-]1ccc2ccccc21.Cl.Cl. The van der Waals surface area contributed by atoms with Gasteiger partial charge in [-0.15, -0.1) is 82.8 Å². The van der Waals surface area contributed by atoms with E-state index < -0.39 is 0 Å². The molecule has 0 saturated carbocycles. The fourth-order valence-electron chi connectivity index (χ4n) is 4.64. The standard InChI is InChI=1S/2C17H13O.C2H6Si.2ClH.Zr/c2*1-12-6-2-4-8-14(12)17(18)16-11-10-13-7-3-5-9-15(13)16;1-3-2;;;/h2*2-11H,1H3;1-2H3;2*1H;/q2*-1;;;;+2. The average molecular weight is 689 g/mol. The van der Waals surface area contributed by atoms with Gasteiger partial charge in [0, 0.05) is 0 Å². The molecular formula is C36H34Cl2O2SiZr. The van der Waals surface area contributed by atoms with Crippen molar-refractivity contribution in [2.75, 3.05) is 0 Å². The summed E-state index contributed by atoms with van der Waals surface area (Å²) in [6, 6.07) is 39.3. The van der Waals surface area contributed by atoms with Crippen molar-refractivity contribution >= 4 is 63.4 Å². The second-order valence-corrected chi connectivity index (χ2v) is 19.3. The second-order valence-electron chi connectivity index (χ2n) is 9.96. The molecule has 0 aliphatic heterocycles. The number of halogens is 2. The van der Waals surface area contributed by atoms with E-state index in [1.165, 1.54) is 0 Å². The quantitative estimate of drug-likeness (QED) is 0.105. The molecule has 0 atom stereocenters. The summed E-state index contributed by atoms with van der Waals surface area (Å²) in [6.45, 7) is 8.56. The number of fused-ring (bicyclic) bond motifs is 2. The van der Waals surface area contributed by atoms with Crippen molar-refractivity contribution < 1.29 is 32.9 Å². The third-order valence-electron chi connectivity index (χ3n) is 6.63. The normalized spacial score (nSPS) is 9.86. The fourth-order valence-corrected chi connectivity index (χ4v) is 4.64. The predicted molar refractivity (Wildman–Crippen MR) is 180 cm³/mol. The van der Waals surface area contributed by atoms with Crippen LogP contribution in [0.15, 0.2) is 121 Å². The van der Waals surface area contributed by atoms with Gasteiger partial charge in [0.05, 0.1) is 0 Å². The van der Waals surface area contributed by atoms with Crippen LogP contribution in [0, 0.1) is 13.8 Å². The Morgan fingerprint density at radius 1 is 0.548 bits per heavy atom. The number of ketones is 2. The van der Waals surface area contributed by atoms with Crippen LogP contribution in [0.3, 0.4) is 0 Å². The first-order valence-electron chi connectivity index (χ1n) is 13.3. The molecule has 0 bridgehead atoms. The summed E-state index contributed by atoms with van der Waals surface area (Å²) in [5.74, 6) is 0.212. The molecule has 0 aromatic heterocycles. The zero-order valence-electron chi connectivity index (χ0n) is 24.2. The van der Waals surface area contributed by atoms with E-state index in [2.05, 4.69) is 13.1 Å². The van der Waals surface area contributed by atoms with Gasteiger partial charge < -0.3 is 9.59 Å². The summed E-state index contributed by atoms with van der Waals surface area (Å²) in [4.78, 5) is 25.1. The molecule has 6 rings (SSSR count). The molecule has 0 heterocycles. The molecule has 0 fully saturated rings. The van der Waals surface area contributed by atoms with Crippen LogP contribution in [0.25, 0.3) is 21.5 Å². The van der Waals surface area contributed by atoms with Crippen LogP contribution in [0.4, 0.5) is 0 Å². The Hall–Kier alpha value is -2.88. The summed E-state index contributed by atoms with van der Waals surface area (Å²) in [7, 11) is 0. The van der Waals surface area contributed by atoms with Crippen LogP contribution in [-0.2, 0) is 23.3 Å². The van der Waals surface area contributed by atoms with Crippen molar-refractivity contribution in [1.82, 2.24) is 0 Å². The van der Waals surface area contributed by atoms with Gasteiger partial charge in [0.2, 0.25) is 0 Å². The van der Waals surface area contributed by atoms with Crippen molar-refractivity contribution in [3.05, 3.63) is 155 Å². The van der Waals surface area contributed by atoms with Gasteiger partial charge in [0.25, 0.3) is 0 Å². The Kier molecular flexibility index (Phi) is 14.0. The van der Waals surface area contributed by atoms with Crippen molar-refractivity contribution in [2.24, 2.45) is 0 Å². The van der Waals surface area contributed by atoms with Crippen molar-refractivity contribution in [3.8, 4) is 0 Å². The number of carbonyl (C=O) groups excluding carboxylic acids is 2. The Labute approximate surface area is 276 Å². The smallest absolute Gasteiger partial charge is 0.128 e. The Morgan fingerprint density at radius 3 is 1.21 bits per heavy atom. The van der Waals surface area contributed by atoms with Gasteiger partial charge in [-0.25, -0.2) is 0 Å². The maximum absolute atomic E-state index is 12.5. The van der Waals surface area contributed by atoms with Gasteiger partial charge in [-0.2, -0.15) is 0 Å². The topological polar surface area (TPSA) is 34.1 Å². The molecule has 0 saturated heterocycles. The van der Waals surface area contributed by atoms with Crippen molar-refractivity contribution in [2.45, 2.75) is 26.9 Å².